The van der Waals surface area contributed by atoms with E-state index in [1.807, 2.05) is 6.92 Å². The van der Waals surface area contributed by atoms with E-state index in [9.17, 15) is 22.8 Å². The number of hydrogen-bond donors (Lipinski definition) is 2. The van der Waals surface area contributed by atoms with Crippen molar-refractivity contribution in [2.24, 2.45) is 5.41 Å². The lowest BCUT2D eigenvalue weighted by atomic mass is 9.80. The van der Waals surface area contributed by atoms with E-state index in [1.165, 1.54) is 36.8 Å². The van der Waals surface area contributed by atoms with Gasteiger partial charge < -0.3 is 15.4 Å². The third kappa shape index (κ3) is 6.84. The van der Waals surface area contributed by atoms with Crippen LogP contribution in [0.5, 0.6) is 0 Å². The summed E-state index contributed by atoms with van der Waals surface area (Å²) in [5, 5.41) is 5.50. The molecule has 206 valence electrons. The highest BCUT2D eigenvalue weighted by Gasteiger charge is 2.44. The second-order valence-corrected chi connectivity index (χ2v) is 9.92. The third-order valence-electron chi connectivity index (χ3n) is 6.33. The van der Waals surface area contributed by atoms with Crippen molar-refractivity contribution in [3.05, 3.63) is 75.5 Å². The number of carbonyl (C=O) groups is 2. The molecule has 0 radical (unpaired) electrons. The molecule has 8 nitrogen and oxygen atoms in total. The molecule has 2 N–H and O–H groups in total. The molecule has 3 heterocycles. The van der Waals surface area contributed by atoms with Gasteiger partial charge in [0.1, 0.15) is 5.82 Å². The lowest BCUT2D eigenvalue weighted by molar-refractivity contribution is -0.137. The van der Waals surface area contributed by atoms with Gasteiger partial charge in [0.2, 0.25) is 5.91 Å². The van der Waals surface area contributed by atoms with Crippen molar-refractivity contribution in [2.75, 3.05) is 18.5 Å². The average Bonchev–Trinajstić information content (AvgIpc) is 3.38. The van der Waals surface area contributed by atoms with Crippen LogP contribution in [0, 0.1) is 5.41 Å². The summed E-state index contributed by atoms with van der Waals surface area (Å²) in [6.07, 6.45) is 0.499. The molecule has 0 spiro atoms. The summed E-state index contributed by atoms with van der Waals surface area (Å²) in [4.78, 5) is 38.6. The molecule has 1 atom stereocenters. The largest absolute Gasteiger partial charge is 0.418 e. The Morgan fingerprint density at radius 3 is 2.46 bits per heavy atom. The topological polar surface area (TPSA) is 106 Å². The highest BCUT2D eigenvalue weighted by atomic mass is 35.5. The van der Waals surface area contributed by atoms with E-state index in [1.54, 1.807) is 0 Å². The van der Waals surface area contributed by atoms with Crippen molar-refractivity contribution >= 4 is 46.3 Å². The molecule has 0 saturated carbocycles. The molecule has 2 aromatic heterocycles. The number of amides is 1. The summed E-state index contributed by atoms with van der Waals surface area (Å²) < 4.78 is 45.7. The summed E-state index contributed by atoms with van der Waals surface area (Å²) in [6, 6.07) is 4.77. The lowest BCUT2D eigenvalue weighted by Crippen LogP contribution is -2.43. The van der Waals surface area contributed by atoms with Crippen molar-refractivity contribution in [2.45, 2.75) is 38.9 Å². The van der Waals surface area contributed by atoms with E-state index in [4.69, 9.17) is 27.9 Å². The predicted molar refractivity (Wildman–Crippen MR) is 139 cm³/mol. The van der Waals surface area contributed by atoms with Gasteiger partial charge in [-0.15, -0.1) is 0 Å². The summed E-state index contributed by atoms with van der Waals surface area (Å²) in [5.41, 5.74) is -1.40. The Morgan fingerprint density at radius 2 is 1.85 bits per heavy atom. The van der Waals surface area contributed by atoms with Gasteiger partial charge >= 0.3 is 6.18 Å². The van der Waals surface area contributed by atoms with Gasteiger partial charge in [-0.1, -0.05) is 30.1 Å². The predicted octanol–water partition coefficient (Wildman–Crippen LogP) is 5.80. The molecule has 0 bridgehead atoms. The Bertz CT molecular complexity index is 1360. The first-order chi connectivity index (χ1) is 18.5. The summed E-state index contributed by atoms with van der Waals surface area (Å²) >= 11 is 12.1. The van der Waals surface area contributed by atoms with Gasteiger partial charge in [-0.05, 0) is 30.7 Å². The molecule has 1 fully saturated rings. The maximum Gasteiger partial charge on any atom is 0.418 e. The quantitative estimate of drug-likeness (QED) is 0.307. The van der Waals surface area contributed by atoms with Crippen LogP contribution in [-0.2, 0) is 28.7 Å². The number of Topliss-reactive ketones (excluding diaryl/α,β-unsaturated/α-hetero) is 1. The summed E-state index contributed by atoms with van der Waals surface area (Å²) in [7, 11) is 0. The molecule has 1 amide bonds. The fourth-order valence-electron chi connectivity index (χ4n) is 4.13. The van der Waals surface area contributed by atoms with Crippen LogP contribution in [0.3, 0.4) is 0 Å². The SMILES string of the molecule is CCc1ncc(C(=O)C[C@@]2(C(=O)NCc3ncc(Nc4ccc(Cl)cc4C(F)(F)F)cc3Cl)CCOC2)cn1. The number of nitrogens with zero attached hydrogens (tertiary/aromatic N) is 3. The van der Waals surface area contributed by atoms with Gasteiger partial charge in [-0.3, -0.25) is 14.6 Å². The minimum absolute atomic E-state index is 0.0509. The van der Waals surface area contributed by atoms with Gasteiger partial charge in [-0.2, -0.15) is 13.2 Å². The second-order valence-electron chi connectivity index (χ2n) is 9.07. The molecule has 1 saturated heterocycles. The van der Waals surface area contributed by atoms with E-state index in [0.717, 1.165) is 6.07 Å². The number of anilines is 2. The number of pyridine rings is 1. The molecule has 39 heavy (non-hydrogen) atoms. The number of benzene rings is 1. The molecule has 0 unspecified atom stereocenters. The molecule has 1 aliphatic rings. The number of nitrogens with one attached hydrogen (secondary N) is 2. The Balaban J connectivity index is 1.43. The van der Waals surface area contributed by atoms with Crippen molar-refractivity contribution in [1.29, 1.82) is 0 Å². The van der Waals surface area contributed by atoms with Crippen LogP contribution in [0.1, 0.15) is 47.2 Å². The molecule has 4 rings (SSSR count). The minimum Gasteiger partial charge on any atom is -0.380 e. The Morgan fingerprint density at radius 1 is 1.10 bits per heavy atom. The van der Waals surface area contributed by atoms with Crippen LogP contribution < -0.4 is 10.6 Å². The first-order valence-corrected chi connectivity index (χ1v) is 12.7. The van der Waals surface area contributed by atoms with Crippen LogP contribution in [0.4, 0.5) is 24.5 Å². The van der Waals surface area contributed by atoms with Gasteiger partial charge in [0.15, 0.2) is 5.78 Å². The molecule has 1 aromatic carbocycles. The van der Waals surface area contributed by atoms with Crippen molar-refractivity contribution in [1.82, 2.24) is 20.3 Å². The van der Waals surface area contributed by atoms with Gasteiger partial charge in [-0.25, -0.2) is 9.97 Å². The van der Waals surface area contributed by atoms with Gasteiger partial charge in [0, 0.05) is 36.9 Å². The Hall–Kier alpha value is -3.28. The number of halogens is 5. The number of ketones is 1. The number of hydrogen-bond acceptors (Lipinski definition) is 7. The van der Waals surface area contributed by atoms with Crippen LogP contribution >= 0.6 is 23.2 Å². The standard InChI is InChI=1S/C26H24Cl2F3N5O3/c1-2-23-33-10-15(11-34-23)22(37)9-25(5-6-39-14-25)24(38)35-13-21-19(28)8-17(12-32-21)36-20-4-3-16(27)7-18(20)26(29,30)31/h3-4,7-8,10-12,36H,2,5-6,9,13-14H2,1H3,(H,35,38)/t25-/m0/s1. The van der Waals surface area contributed by atoms with Crippen molar-refractivity contribution < 1.29 is 27.5 Å². The number of aryl methyl sites for hydroxylation is 1. The maximum absolute atomic E-state index is 13.4. The average molecular weight is 582 g/mol. The number of rotatable bonds is 9. The number of carbonyl (C=O) groups excluding carboxylic acids is 2. The zero-order valence-corrected chi connectivity index (χ0v) is 22.3. The zero-order valence-electron chi connectivity index (χ0n) is 20.7. The van der Waals surface area contributed by atoms with Crippen LogP contribution in [0.15, 0.2) is 42.9 Å². The molecule has 3 aromatic rings. The molecular weight excluding hydrogens is 558 g/mol. The third-order valence-corrected chi connectivity index (χ3v) is 6.89. The Kier molecular flexibility index (Phi) is 8.73. The first-order valence-electron chi connectivity index (χ1n) is 12.0. The second kappa shape index (κ2) is 11.8. The number of alkyl halides is 3. The van der Waals surface area contributed by atoms with Crippen molar-refractivity contribution in [3.63, 3.8) is 0 Å². The molecule has 1 aliphatic heterocycles. The fraction of sp³-hybridized carbons (Fsp3) is 0.346. The maximum atomic E-state index is 13.4. The minimum atomic E-state index is -4.62. The van der Waals surface area contributed by atoms with E-state index in [2.05, 4.69) is 25.6 Å². The van der Waals surface area contributed by atoms with Crippen LogP contribution in [0.2, 0.25) is 10.0 Å². The highest BCUT2D eigenvalue weighted by molar-refractivity contribution is 6.31. The smallest absolute Gasteiger partial charge is 0.380 e. The monoisotopic (exact) mass is 581 g/mol. The first kappa shape index (κ1) is 28.7. The van der Waals surface area contributed by atoms with E-state index in [-0.39, 0.29) is 46.8 Å². The Labute approximate surface area is 232 Å². The molecular formula is C26H24Cl2F3N5O3. The number of aromatic nitrogens is 3. The van der Waals surface area contributed by atoms with E-state index in [0.29, 0.717) is 36.5 Å². The van der Waals surface area contributed by atoms with Gasteiger partial charge in [0.25, 0.3) is 0 Å². The summed E-state index contributed by atoms with van der Waals surface area (Å²) in [6.45, 7) is 2.25. The molecule has 0 aliphatic carbocycles. The van der Waals surface area contributed by atoms with E-state index >= 15 is 0 Å². The van der Waals surface area contributed by atoms with Gasteiger partial charge in [0.05, 0.1) is 58.0 Å². The van der Waals surface area contributed by atoms with Crippen LogP contribution in [-0.4, -0.2) is 39.9 Å². The van der Waals surface area contributed by atoms with Crippen LogP contribution in [0.25, 0.3) is 0 Å². The summed E-state index contributed by atoms with van der Waals surface area (Å²) in [5.74, 6) is -0.0522. The zero-order chi connectivity index (χ0) is 28.2. The lowest BCUT2D eigenvalue weighted by Gasteiger charge is -2.25. The molecule has 13 heteroatoms. The van der Waals surface area contributed by atoms with Crippen molar-refractivity contribution in [3.8, 4) is 0 Å². The highest BCUT2D eigenvalue weighted by Crippen LogP contribution is 2.38. The normalized spacial score (nSPS) is 17.2. The van der Waals surface area contributed by atoms with E-state index < -0.39 is 23.1 Å². The fourth-order valence-corrected chi connectivity index (χ4v) is 4.53. The number of ether oxygens (including phenoxy) is 1.